The molecule has 1 saturated heterocycles. The van der Waals surface area contributed by atoms with Gasteiger partial charge in [-0.1, -0.05) is 30.3 Å². The number of benzene rings is 1. The summed E-state index contributed by atoms with van der Waals surface area (Å²) in [6, 6.07) is 9.82. The molecule has 2 atom stereocenters. The Morgan fingerprint density at radius 1 is 1.28 bits per heavy atom. The Hall–Kier alpha value is -1.39. The van der Waals surface area contributed by atoms with Crippen molar-refractivity contribution in [1.29, 1.82) is 0 Å². The lowest BCUT2D eigenvalue weighted by Gasteiger charge is -2.16. The summed E-state index contributed by atoms with van der Waals surface area (Å²) in [5.41, 5.74) is 1.03. The average Bonchev–Trinajstić information content (AvgIpc) is 2.63. The lowest BCUT2D eigenvalue weighted by atomic mass is 10.1. The van der Waals surface area contributed by atoms with Gasteiger partial charge in [-0.05, 0) is 19.4 Å². The van der Waals surface area contributed by atoms with E-state index in [1.807, 2.05) is 44.2 Å². The molecular weight excluding hydrogens is 232 g/mol. The van der Waals surface area contributed by atoms with E-state index in [4.69, 9.17) is 14.2 Å². The highest BCUT2D eigenvalue weighted by Gasteiger charge is 2.42. The Morgan fingerprint density at radius 2 is 1.94 bits per heavy atom. The Morgan fingerprint density at radius 3 is 2.56 bits per heavy atom. The molecule has 0 radical (unpaired) electrons. The summed E-state index contributed by atoms with van der Waals surface area (Å²) in [5, 5.41) is 0. The zero-order chi connectivity index (χ0) is 13.2. The van der Waals surface area contributed by atoms with Crippen molar-refractivity contribution in [3.05, 3.63) is 35.9 Å². The molecule has 1 aromatic rings. The fraction of sp³-hybridized carbons (Fsp3) is 0.500. The third-order valence-corrected chi connectivity index (χ3v) is 2.76. The largest absolute Gasteiger partial charge is 0.463 e. The summed E-state index contributed by atoms with van der Waals surface area (Å²) >= 11 is 0. The predicted octanol–water partition coefficient (Wildman–Crippen LogP) is 2.44. The fourth-order valence-electron chi connectivity index (χ4n) is 2.08. The minimum atomic E-state index is -0.661. The van der Waals surface area contributed by atoms with E-state index in [1.165, 1.54) is 6.92 Å². The summed E-state index contributed by atoms with van der Waals surface area (Å²) in [6.07, 6.45) is -0.480. The van der Waals surface area contributed by atoms with E-state index < -0.39 is 5.79 Å². The van der Waals surface area contributed by atoms with Crippen LogP contribution in [0.15, 0.2) is 30.3 Å². The van der Waals surface area contributed by atoms with Crippen LogP contribution in [0.4, 0.5) is 0 Å². The van der Waals surface area contributed by atoms with E-state index in [0.29, 0.717) is 0 Å². The number of esters is 1. The molecule has 98 valence electrons. The minimum absolute atomic E-state index is 0.207. The van der Waals surface area contributed by atoms with Crippen molar-refractivity contribution >= 4 is 5.97 Å². The molecule has 4 heteroatoms. The maximum atomic E-state index is 10.9. The molecule has 0 aliphatic carbocycles. The van der Waals surface area contributed by atoms with Gasteiger partial charge in [-0.2, -0.15) is 0 Å². The van der Waals surface area contributed by atoms with Gasteiger partial charge in [0.25, 0.3) is 0 Å². The summed E-state index contributed by atoms with van der Waals surface area (Å²) < 4.78 is 16.7. The number of carbonyl (C=O) groups excluding carboxylic acids is 1. The van der Waals surface area contributed by atoms with Crippen molar-refractivity contribution in [3.8, 4) is 0 Å². The summed E-state index contributed by atoms with van der Waals surface area (Å²) in [5.74, 6) is -0.971. The first-order valence-corrected chi connectivity index (χ1v) is 6.02. The Labute approximate surface area is 107 Å². The molecule has 1 aliphatic heterocycles. The van der Waals surface area contributed by atoms with Crippen molar-refractivity contribution < 1.29 is 19.0 Å². The van der Waals surface area contributed by atoms with Gasteiger partial charge in [0.2, 0.25) is 0 Å². The molecule has 1 fully saturated rings. The van der Waals surface area contributed by atoms with Crippen LogP contribution in [0.25, 0.3) is 0 Å². The molecule has 0 spiro atoms. The van der Waals surface area contributed by atoms with Gasteiger partial charge in [-0.25, -0.2) is 0 Å². The van der Waals surface area contributed by atoms with E-state index >= 15 is 0 Å². The van der Waals surface area contributed by atoms with Crippen LogP contribution in [0.3, 0.4) is 0 Å². The van der Waals surface area contributed by atoms with Crippen LogP contribution < -0.4 is 0 Å². The van der Waals surface area contributed by atoms with Gasteiger partial charge >= 0.3 is 5.97 Å². The van der Waals surface area contributed by atoms with Crippen LogP contribution in [0.1, 0.15) is 32.4 Å². The molecule has 0 aromatic heterocycles. The van der Waals surface area contributed by atoms with Crippen LogP contribution in [-0.4, -0.2) is 24.5 Å². The van der Waals surface area contributed by atoms with Crippen molar-refractivity contribution in [3.63, 3.8) is 0 Å². The summed E-state index contributed by atoms with van der Waals surface area (Å²) in [6.45, 7) is 5.31. The van der Waals surface area contributed by atoms with Crippen LogP contribution in [0.5, 0.6) is 0 Å². The van der Waals surface area contributed by atoms with Crippen LogP contribution >= 0.6 is 0 Å². The first-order valence-electron chi connectivity index (χ1n) is 6.02. The van der Waals surface area contributed by atoms with Gasteiger partial charge in [-0.15, -0.1) is 0 Å². The molecule has 0 amide bonds. The van der Waals surface area contributed by atoms with E-state index in [-0.39, 0.29) is 24.8 Å². The van der Waals surface area contributed by atoms with Crippen LogP contribution in [0.2, 0.25) is 0 Å². The topological polar surface area (TPSA) is 44.8 Å². The Kier molecular flexibility index (Phi) is 3.68. The fourth-order valence-corrected chi connectivity index (χ4v) is 2.08. The standard InChI is InChI=1S/C14H18O4/c1-10(15)16-9-12-13(18-14(2,3)17-12)11-7-5-4-6-8-11/h4-8,12-13H,9H2,1-3H3. The van der Waals surface area contributed by atoms with Gasteiger partial charge in [-0.3, -0.25) is 4.79 Å². The third-order valence-electron chi connectivity index (χ3n) is 2.76. The van der Waals surface area contributed by atoms with Gasteiger partial charge in [0, 0.05) is 6.92 Å². The van der Waals surface area contributed by atoms with Crippen molar-refractivity contribution in [2.75, 3.05) is 6.61 Å². The summed E-state index contributed by atoms with van der Waals surface area (Å²) in [4.78, 5) is 10.9. The highest BCUT2D eigenvalue weighted by Crippen LogP contribution is 2.38. The van der Waals surface area contributed by atoms with Crippen molar-refractivity contribution in [2.45, 2.75) is 38.8 Å². The van der Waals surface area contributed by atoms with Gasteiger partial charge in [0.1, 0.15) is 18.8 Å². The molecule has 2 unspecified atom stereocenters. The second-order valence-electron chi connectivity index (χ2n) is 4.81. The van der Waals surface area contributed by atoms with Crippen LogP contribution in [0, 0.1) is 0 Å². The molecule has 0 N–H and O–H groups in total. The first kappa shape index (κ1) is 13.1. The maximum Gasteiger partial charge on any atom is 0.302 e. The van der Waals surface area contributed by atoms with E-state index in [0.717, 1.165) is 5.56 Å². The van der Waals surface area contributed by atoms with Gasteiger partial charge < -0.3 is 14.2 Å². The lowest BCUT2D eigenvalue weighted by molar-refractivity contribution is -0.158. The summed E-state index contributed by atoms with van der Waals surface area (Å²) in [7, 11) is 0. The molecule has 2 rings (SSSR count). The van der Waals surface area contributed by atoms with Gasteiger partial charge in [0.05, 0.1) is 0 Å². The second kappa shape index (κ2) is 5.08. The highest BCUT2D eigenvalue weighted by molar-refractivity contribution is 5.65. The van der Waals surface area contributed by atoms with E-state index in [1.54, 1.807) is 0 Å². The van der Waals surface area contributed by atoms with Crippen LogP contribution in [-0.2, 0) is 19.0 Å². The highest BCUT2D eigenvalue weighted by atomic mass is 16.8. The molecule has 0 saturated carbocycles. The third kappa shape index (κ3) is 3.09. The maximum absolute atomic E-state index is 10.9. The SMILES string of the molecule is CC(=O)OCC1OC(C)(C)OC1c1ccccc1. The van der Waals surface area contributed by atoms with Crippen molar-refractivity contribution in [2.24, 2.45) is 0 Å². The van der Waals surface area contributed by atoms with Crippen molar-refractivity contribution in [1.82, 2.24) is 0 Å². The zero-order valence-corrected chi connectivity index (χ0v) is 10.9. The molecule has 1 aromatic carbocycles. The smallest absolute Gasteiger partial charge is 0.302 e. The number of hydrogen-bond acceptors (Lipinski definition) is 4. The molecule has 1 heterocycles. The number of rotatable bonds is 3. The normalized spacial score (nSPS) is 25.9. The number of ether oxygens (including phenoxy) is 3. The monoisotopic (exact) mass is 250 g/mol. The molecule has 0 bridgehead atoms. The minimum Gasteiger partial charge on any atom is -0.463 e. The second-order valence-corrected chi connectivity index (χ2v) is 4.81. The average molecular weight is 250 g/mol. The number of hydrogen-bond donors (Lipinski definition) is 0. The molecule has 1 aliphatic rings. The van der Waals surface area contributed by atoms with E-state index in [2.05, 4.69) is 0 Å². The Balaban J connectivity index is 2.13. The Bertz CT molecular complexity index is 413. The predicted molar refractivity (Wildman–Crippen MR) is 65.9 cm³/mol. The molecule has 4 nitrogen and oxygen atoms in total. The number of carbonyl (C=O) groups is 1. The van der Waals surface area contributed by atoms with Gasteiger partial charge in [0.15, 0.2) is 5.79 Å². The zero-order valence-electron chi connectivity index (χ0n) is 10.9. The first-order chi connectivity index (χ1) is 8.48. The molecular formula is C14H18O4. The molecule has 18 heavy (non-hydrogen) atoms. The van der Waals surface area contributed by atoms with E-state index in [9.17, 15) is 4.79 Å². The quantitative estimate of drug-likeness (QED) is 0.773. The lowest BCUT2D eigenvalue weighted by Crippen LogP contribution is -2.25.